The Kier molecular flexibility index (Phi) is 14.0. The molecule has 0 spiro atoms. The summed E-state index contributed by atoms with van der Waals surface area (Å²) in [5.41, 5.74) is 0. The molecule has 0 aromatic carbocycles. The van der Waals surface area contributed by atoms with Crippen LogP contribution in [-0.4, -0.2) is 54.1 Å². The van der Waals surface area contributed by atoms with Crippen LogP contribution in [-0.2, 0) is 33.1 Å². The molecule has 1 rings (SSSR count). The normalized spacial score (nSPS) is 20.5. The van der Waals surface area contributed by atoms with Gasteiger partial charge in [-0.2, -0.15) is 8.42 Å². The molecule has 0 saturated carbocycles. The maximum atomic E-state index is 12.9. The molecule has 0 aromatic rings. The lowest BCUT2D eigenvalue weighted by atomic mass is 9.86. The third-order valence-electron chi connectivity index (χ3n) is 7.41. The molecular weight excluding hydrogens is 508 g/mol. The fourth-order valence-corrected chi connectivity index (χ4v) is 6.22. The van der Waals surface area contributed by atoms with Gasteiger partial charge < -0.3 is 9.16 Å². The molecule has 0 N–H and O–H groups in total. The minimum Gasteiger partial charge on any atom is -0.469 e. The number of esters is 1. The van der Waals surface area contributed by atoms with Gasteiger partial charge in [-0.15, -0.1) is 0 Å². The highest BCUT2D eigenvalue weighted by Crippen LogP contribution is 2.38. The van der Waals surface area contributed by atoms with E-state index >= 15 is 0 Å². The van der Waals surface area contributed by atoms with Crippen LogP contribution in [0.15, 0.2) is 24.3 Å². The number of allylic oxidation sites excluding steroid dienone is 3. The first-order chi connectivity index (χ1) is 17.1. The Bertz CT molecular complexity index is 887. The van der Waals surface area contributed by atoms with E-state index in [2.05, 4.69) is 51.6 Å². The molecule has 0 heterocycles. The van der Waals surface area contributed by atoms with Crippen LogP contribution in [0.5, 0.6) is 0 Å². The van der Waals surface area contributed by atoms with Gasteiger partial charge in [-0.1, -0.05) is 78.0 Å². The number of rotatable bonds is 17. The zero-order valence-corrected chi connectivity index (χ0v) is 26.1. The third kappa shape index (κ3) is 12.4. The van der Waals surface area contributed by atoms with E-state index in [1.165, 1.54) is 13.2 Å². The first-order valence-corrected chi connectivity index (χ1v) is 18.4. The third-order valence-corrected chi connectivity index (χ3v) is 12.5. The van der Waals surface area contributed by atoms with Gasteiger partial charge in [0.1, 0.15) is 0 Å². The van der Waals surface area contributed by atoms with Crippen molar-refractivity contribution < 1.29 is 31.4 Å². The average Bonchev–Trinajstić information content (AvgIpc) is 3.14. The largest absolute Gasteiger partial charge is 0.469 e. The van der Waals surface area contributed by atoms with Crippen molar-refractivity contribution in [3.8, 4) is 0 Å². The molecule has 0 aromatic heterocycles. The molecule has 0 radical (unpaired) electrons. The highest BCUT2D eigenvalue weighted by Gasteiger charge is 2.40. The highest BCUT2D eigenvalue weighted by molar-refractivity contribution is 7.86. The van der Waals surface area contributed by atoms with E-state index in [1.807, 2.05) is 12.2 Å². The van der Waals surface area contributed by atoms with Gasteiger partial charge in [0.2, 0.25) is 0 Å². The average molecular weight is 559 g/mol. The lowest BCUT2D eigenvalue weighted by Crippen LogP contribution is -2.43. The second-order valence-electron chi connectivity index (χ2n) is 11.7. The molecule has 214 valence electrons. The number of ether oxygens (including phenoxy) is 1. The van der Waals surface area contributed by atoms with Gasteiger partial charge in [-0.25, -0.2) is 0 Å². The van der Waals surface area contributed by atoms with Crippen LogP contribution in [0.1, 0.15) is 85.5 Å². The predicted octanol–water partition coefficient (Wildman–Crippen LogP) is 6.35. The smallest absolute Gasteiger partial charge is 0.305 e. The molecule has 0 amide bonds. The van der Waals surface area contributed by atoms with E-state index in [4.69, 9.17) is 8.61 Å². The zero-order valence-electron chi connectivity index (χ0n) is 24.2. The molecule has 0 unspecified atom stereocenters. The standard InChI is InChI=1S/C28H50O7SSi/c1-9-10-12-15-23(35-37(7,8)28(2,3)4)20-18-22-19-21-24(29)27(22)25(34-36(6,31)32)16-13-11-14-17-26(30)33-5/h18-23,25,27H,9-17H2,1-8H3/b20-18+/t22-,23-,25-,27+/m0/s1. The molecule has 7 nitrogen and oxygen atoms in total. The fraction of sp³-hybridized carbons (Fsp3) is 0.786. The summed E-state index contributed by atoms with van der Waals surface area (Å²) in [4.78, 5) is 24.2. The number of carbonyl (C=O) groups is 2. The Morgan fingerprint density at radius 2 is 1.76 bits per heavy atom. The molecule has 1 aliphatic carbocycles. The van der Waals surface area contributed by atoms with Gasteiger partial charge in [-0.05, 0) is 43.5 Å². The van der Waals surface area contributed by atoms with Crippen molar-refractivity contribution in [3.63, 3.8) is 0 Å². The SMILES string of the molecule is CCCCC[C@@H](/C=C/[C@H]1C=CC(=O)[C@@H]1[C@H](CCCCCC(=O)OC)OS(C)(=O)=O)O[Si](C)(C)C(C)(C)C. The summed E-state index contributed by atoms with van der Waals surface area (Å²) in [6, 6.07) is 0. The summed E-state index contributed by atoms with van der Waals surface area (Å²) in [7, 11) is -4.39. The van der Waals surface area contributed by atoms with Crippen LogP contribution in [0.3, 0.4) is 0 Å². The van der Waals surface area contributed by atoms with Crippen molar-refractivity contribution in [2.45, 2.75) is 116 Å². The number of unbranched alkanes of at least 4 members (excludes halogenated alkanes) is 4. The van der Waals surface area contributed by atoms with Crippen LogP contribution in [0.25, 0.3) is 0 Å². The van der Waals surface area contributed by atoms with Crippen LogP contribution >= 0.6 is 0 Å². The summed E-state index contributed by atoms with van der Waals surface area (Å²) in [6.07, 6.45) is 14.6. The minimum absolute atomic E-state index is 0.0511. The maximum Gasteiger partial charge on any atom is 0.305 e. The summed E-state index contributed by atoms with van der Waals surface area (Å²) < 4.78 is 40.9. The van der Waals surface area contributed by atoms with Crippen molar-refractivity contribution in [1.82, 2.24) is 0 Å². The Morgan fingerprint density at radius 1 is 1.11 bits per heavy atom. The second-order valence-corrected chi connectivity index (χ2v) is 18.0. The van der Waals surface area contributed by atoms with Crippen LogP contribution in [0.4, 0.5) is 0 Å². The quantitative estimate of drug-likeness (QED) is 0.0674. The van der Waals surface area contributed by atoms with Crippen molar-refractivity contribution in [2.75, 3.05) is 13.4 Å². The van der Waals surface area contributed by atoms with Gasteiger partial charge in [0, 0.05) is 12.3 Å². The Morgan fingerprint density at radius 3 is 2.32 bits per heavy atom. The number of hydrogen-bond acceptors (Lipinski definition) is 7. The Labute approximate surface area is 226 Å². The first kappa shape index (κ1) is 33.7. The molecule has 37 heavy (non-hydrogen) atoms. The molecule has 4 atom stereocenters. The van der Waals surface area contributed by atoms with Crippen LogP contribution in [0.2, 0.25) is 18.1 Å². The lowest BCUT2D eigenvalue weighted by molar-refractivity contribution is -0.140. The van der Waals surface area contributed by atoms with E-state index < -0.39 is 30.5 Å². The van der Waals surface area contributed by atoms with Gasteiger partial charge in [0.05, 0.1) is 31.5 Å². The predicted molar refractivity (Wildman–Crippen MR) is 151 cm³/mol. The number of carbonyl (C=O) groups excluding carboxylic acids is 2. The highest BCUT2D eigenvalue weighted by atomic mass is 32.2. The maximum absolute atomic E-state index is 12.9. The fourth-order valence-electron chi connectivity index (χ4n) is 4.24. The molecular formula is C28H50O7SSi. The van der Waals surface area contributed by atoms with Gasteiger partial charge >= 0.3 is 5.97 Å². The van der Waals surface area contributed by atoms with E-state index in [-0.39, 0.29) is 28.8 Å². The summed E-state index contributed by atoms with van der Waals surface area (Å²) >= 11 is 0. The number of ketones is 1. The second kappa shape index (κ2) is 15.3. The molecule has 0 saturated heterocycles. The number of hydrogen-bond donors (Lipinski definition) is 0. The van der Waals surface area contributed by atoms with E-state index in [0.29, 0.717) is 32.1 Å². The zero-order chi connectivity index (χ0) is 28.3. The van der Waals surface area contributed by atoms with Crippen molar-refractivity contribution in [1.29, 1.82) is 0 Å². The van der Waals surface area contributed by atoms with Crippen molar-refractivity contribution in [3.05, 3.63) is 24.3 Å². The van der Waals surface area contributed by atoms with E-state index in [0.717, 1.165) is 31.9 Å². The lowest BCUT2D eigenvalue weighted by Gasteiger charge is -2.39. The van der Waals surface area contributed by atoms with E-state index in [1.54, 1.807) is 0 Å². The molecule has 1 aliphatic rings. The van der Waals surface area contributed by atoms with Gasteiger partial charge in [0.25, 0.3) is 10.1 Å². The molecule has 9 heteroatoms. The monoisotopic (exact) mass is 558 g/mol. The number of methoxy groups -OCH3 is 1. The summed E-state index contributed by atoms with van der Waals surface area (Å²) in [5.74, 6) is -1.25. The van der Waals surface area contributed by atoms with Crippen molar-refractivity contribution >= 4 is 30.2 Å². The van der Waals surface area contributed by atoms with Crippen LogP contribution in [0, 0.1) is 11.8 Å². The first-order valence-electron chi connectivity index (χ1n) is 13.6. The molecule has 0 fully saturated rings. The van der Waals surface area contributed by atoms with Gasteiger partial charge in [-0.3, -0.25) is 13.8 Å². The topological polar surface area (TPSA) is 96.0 Å². The van der Waals surface area contributed by atoms with E-state index in [9.17, 15) is 18.0 Å². The minimum atomic E-state index is -3.75. The summed E-state index contributed by atoms with van der Waals surface area (Å²) in [6.45, 7) is 13.3. The summed E-state index contributed by atoms with van der Waals surface area (Å²) in [5, 5.41) is 0.0812. The Hall–Kier alpha value is -1.29. The molecule has 0 bridgehead atoms. The van der Waals surface area contributed by atoms with Gasteiger partial charge in [0.15, 0.2) is 14.1 Å². The molecule has 0 aliphatic heterocycles. The Balaban J connectivity index is 3.03. The van der Waals surface area contributed by atoms with Crippen molar-refractivity contribution in [2.24, 2.45) is 11.8 Å². The van der Waals surface area contributed by atoms with Crippen LogP contribution < -0.4 is 0 Å².